The average Bonchev–Trinajstić information content (AvgIpc) is 3.02. The van der Waals surface area contributed by atoms with Gasteiger partial charge in [0.25, 0.3) is 0 Å². The molecule has 3 heterocycles. The van der Waals surface area contributed by atoms with Crippen LogP contribution in [0.4, 0.5) is 19.0 Å². The number of hydrogen-bond donors (Lipinski definition) is 2. The van der Waals surface area contributed by atoms with Crippen LogP contribution in [0.2, 0.25) is 0 Å². The van der Waals surface area contributed by atoms with Crippen molar-refractivity contribution in [1.29, 1.82) is 0 Å². The quantitative estimate of drug-likeness (QED) is 0.733. The lowest BCUT2D eigenvalue weighted by Crippen LogP contribution is -2.34. The maximum Gasteiger partial charge on any atom is 0.433 e. The summed E-state index contributed by atoms with van der Waals surface area (Å²) in [7, 11) is 0. The molecule has 1 unspecified atom stereocenters. The van der Waals surface area contributed by atoms with E-state index in [2.05, 4.69) is 25.5 Å². The van der Waals surface area contributed by atoms with E-state index in [1.54, 1.807) is 30.3 Å². The number of hydrogen-bond acceptors (Lipinski definition) is 5. The summed E-state index contributed by atoms with van der Waals surface area (Å²) in [6.07, 6.45) is -3.61. The summed E-state index contributed by atoms with van der Waals surface area (Å²) in [5.74, 6) is 0.657. The lowest BCUT2D eigenvalue weighted by molar-refractivity contribution is -0.141. The third kappa shape index (κ3) is 3.55. The fourth-order valence-corrected chi connectivity index (χ4v) is 3.06. The van der Waals surface area contributed by atoms with Gasteiger partial charge in [0.1, 0.15) is 11.6 Å². The number of aromatic amines is 1. The molecule has 27 heavy (non-hydrogen) atoms. The number of halogens is 3. The smallest absolute Gasteiger partial charge is 0.367 e. The van der Waals surface area contributed by atoms with Gasteiger partial charge in [-0.3, -0.25) is 4.57 Å². The van der Waals surface area contributed by atoms with Crippen LogP contribution < -0.4 is 11.0 Å². The van der Waals surface area contributed by atoms with Crippen LogP contribution in [-0.2, 0) is 19.1 Å². The highest BCUT2D eigenvalue weighted by Gasteiger charge is 2.34. The van der Waals surface area contributed by atoms with Crippen molar-refractivity contribution in [1.82, 2.24) is 24.7 Å². The van der Waals surface area contributed by atoms with Crippen molar-refractivity contribution in [3.8, 4) is 11.4 Å². The number of nitrogens with zero attached hydrogens (tertiary/aromatic N) is 4. The highest BCUT2D eigenvalue weighted by atomic mass is 19.4. The number of anilines is 1. The first-order chi connectivity index (χ1) is 12.9. The van der Waals surface area contributed by atoms with E-state index in [4.69, 9.17) is 0 Å². The second-order valence-corrected chi connectivity index (χ2v) is 6.26. The van der Waals surface area contributed by atoms with Crippen molar-refractivity contribution in [2.45, 2.75) is 31.6 Å². The molecule has 0 amide bonds. The van der Waals surface area contributed by atoms with Gasteiger partial charge in [-0.2, -0.15) is 18.3 Å². The Balaban J connectivity index is 1.65. The number of alkyl halides is 3. The molecule has 0 spiro atoms. The van der Waals surface area contributed by atoms with Crippen molar-refractivity contribution < 1.29 is 13.2 Å². The van der Waals surface area contributed by atoms with E-state index in [1.807, 2.05) is 0 Å². The zero-order valence-corrected chi connectivity index (χ0v) is 14.0. The third-order valence-corrected chi connectivity index (χ3v) is 4.37. The molecule has 0 bridgehead atoms. The van der Waals surface area contributed by atoms with E-state index in [1.165, 1.54) is 4.57 Å². The number of H-pyrrole nitrogens is 1. The standard InChI is InChI=1S/C17H15F3N6O/c18-17(19,20)12-9-13(23-15(22-12)10-4-2-1-3-5-10)21-11-6-7-26-14(8-11)24-25-16(26)27/h1-5,9,11H,6-8H2,(H,25,27)(H,21,22,23). The fraction of sp³-hybridized carbons (Fsp3) is 0.294. The molecule has 2 aromatic heterocycles. The van der Waals surface area contributed by atoms with Crippen LogP contribution in [0.15, 0.2) is 41.2 Å². The molecule has 0 saturated carbocycles. The van der Waals surface area contributed by atoms with Crippen LogP contribution in [0.3, 0.4) is 0 Å². The first-order valence-electron chi connectivity index (χ1n) is 8.32. The molecule has 1 aliphatic heterocycles. The van der Waals surface area contributed by atoms with Crippen LogP contribution in [-0.4, -0.2) is 30.8 Å². The van der Waals surface area contributed by atoms with Crippen molar-refractivity contribution in [3.05, 3.63) is 58.4 Å². The van der Waals surface area contributed by atoms with E-state index in [9.17, 15) is 18.0 Å². The van der Waals surface area contributed by atoms with Crippen molar-refractivity contribution >= 4 is 5.82 Å². The van der Waals surface area contributed by atoms with Crippen LogP contribution in [0.1, 0.15) is 17.9 Å². The average molecular weight is 376 g/mol. The van der Waals surface area contributed by atoms with Gasteiger partial charge in [0.2, 0.25) is 0 Å². The molecule has 4 rings (SSSR count). The molecule has 140 valence electrons. The summed E-state index contributed by atoms with van der Waals surface area (Å²) < 4.78 is 41.3. The monoisotopic (exact) mass is 376 g/mol. The SMILES string of the molecule is O=c1[nH]nc2n1CCC(Nc1cc(C(F)(F)F)nc(-c3ccccc3)n1)C2. The minimum atomic E-state index is -4.59. The summed E-state index contributed by atoms with van der Waals surface area (Å²) in [4.78, 5) is 19.5. The maximum absolute atomic E-state index is 13.3. The molecule has 3 aromatic rings. The Hall–Kier alpha value is -3.17. The lowest BCUT2D eigenvalue weighted by atomic mass is 10.1. The molecular weight excluding hydrogens is 361 g/mol. The molecular formula is C17H15F3N6O. The fourth-order valence-electron chi connectivity index (χ4n) is 3.06. The molecule has 2 N–H and O–H groups in total. The molecule has 1 atom stereocenters. The van der Waals surface area contributed by atoms with Crippen molar-refractivity contribution in [2.24, 2.45) is 0 Å². The van der Waals surface area contributed by atoms with Gasteiger partial charge in [0.15, 0.2) is 11.5 Å². The van der Waals surface area contributed by atoms with E-state index in [0.717, 1.165) is 6.07 Å². The third-order valence-electron chi connectivity index (χ3n) is 4.37. The molecule has 1 aliphatic rings. The number of aromatic nitrogens is 5. The minimum absolute atomic E-state index is 0.000382. The summed E-state index contributed by atoms with van der Waals surface area (Å²) >= 11 is 0. The predicted molar refractivity (Wildman–Crippen MR) is 91.0 cm³/mol. The molecule has 7 nitrogen and oxygen atoms in total. The molecule has 0 saturated heterocycles. The Bertz CT molecular complexity index is 1010. The van der Waals surface area contributed by atoms with Crippen LogP contribution >= 0.6 is 0 Å². The Morgan fingerprint density at radius 1 is 1.19 bits per heavy atom. The number of fused-ring (bicyclic) bond motifs is 1. The van der Waals surface area contributed by atoms with Crippen LogP contribution in [0.5, 0.6) is 0 Å². The Kier molecular flexibility index (Phi) is 4.17. The lowest BCUT2D eigenvalue weighted by Gasteiger charge is -2.24. The highest BCUT2D eigenvalue weighted by Crippen LogP contribution is 2.31. The second kappa shape index (κ2) is 6.53. The normalized spacial score (nSPS) is 16.8. The molecule has 1 aromatic carbocycles. The summed E-state index contributed by atoms with van der Waals surface area (Å²) in [5, 5.41) is 9.35. The Morgan fingerprint density at radius 2 is 1.96 bits per heavy atom. The van der Waals surface area contributed by atoms with Gasteiger partial charge in [-0.05, 0) is 6.42 Å². The first-order valence-corrected chi connectivity index (χ1v) is 8.32. The molecule has 0 radical (unpaired) electrons. The minimum Gasteiger partial charge on any atom is -0.367 e. The topological polar surface area (TPSA) is 88.5 Å². The van der Waals surface area contributed by atoms with Crippen LogP contribution in [0, 0.1) is 0 Å². The highest BCUT2D eigenvalue weighted by molar-refractivity contribution is 5.57. The van der Waals surface area contributed by atoms with Gasteiger partial charge in [0, 0.05) is 30.6 Å². The van der Waals surface area contributed by atoms with Gasteiger partial charge in [-0.1, -0.05) is 30.3 Å². The van der Waals surface area contributed by atoms with Crippen molar-refractivity contribution in [3.63, 3.8) is 0 Å². The zero-order chi connectivity index (χ0) is 19.0. The summed E-state index contributed by atoms with van der Waals surface area (Å²) in [5.41, 5.74) is -0.793. The summed E-state index contributed by atoms with van der Waals surface area (Å²) in [6, 6.07) is 9.21. The molecule has 0 fully saturated rings. The van der Waals surface area contributed by atoms with Gasteiger partial charge >= 0.3 is 11.9 Å². The van der Waals surface area contributed by atoms with Crippen LogP contribution in [0.25, 0.3) is 11.4 Å². The van der Waals surface area contributed by atoms with E-state index < -0.39 is 11.9 Å². The zero-order valence-electron chi connectivity index (χ0n) is 14.0. The second-order valence-electron chi connectivity index (χ2n) is 6.26. The Labute approximate surface area is 151 Å². The number of nitrogens with one attached hydrogen (secondary N) is 2. The first kappa shape index (κ1) is 17.3. The number of rotatable bonds is 3. The summed E-state index contributed by atoms with van der Waals surface area (Å²) in [6.45, 7) is 0.436. The maximum atomic E-state index is 13.3. The number of benzene rings is 1. The Morgan fingerprint density at radius 3 is 2.70 bits per heavy atom. The predicted octanol–water partition coefficient (Wildman–Crippen LogP) is 2.47. The van der Waals surface area contributed by atoms with E-state index in [-0.39, 0.29) is 23.4 Å². The van der Waals surface area contributed by atoms with Crippen molar-refractivity contribution in [2.75, 3.05) is 5.32 Å². The molecule has 10 heteroatoms. The van der Waals surface area contributed by atoms with Gasteiger partial charge in [0.05, 0.1) is 0 Å². The van der Waals surface area contributed by atoms with Gasteiger partial charge < -0.3 is 5.32 Å². The largest absolute Gasteiger partial charge is 0.433 e. The van der Waals surface area contributed by atoms with E-state index in [0.29, 0.717) is 30.8 Å². The van der Waals surface area contributed by atoms with E-state index >= 15 is 0 Å². The van der Waals surface area contributed by atoms with Gasteiger partial charge in [-0.15, -0.1) is 0 Å². The molecule has 0 aliphatic carbocycles. The van der Waals surface area contributed by atoms with Gasteiger partial charge in [-0.25, -0.2) is 19.9 Å².